The molecule has 1 aromatic heterocycles. The van der Waals surface area contributed by atoms with Gasteiger partial charge in [0.05, 0.1) is 18.1 Å². The molecular weight excluding hydrogens is 442 g/mol. The zero-order chi connectivity index (χ0) is 24.9. The van der Waals surface area contributed by atoms with Crippen LogP contribution in [0.3, 0.4) is 0 Å². The number of fused-ring (bicyclic) bond motifs is 1. The van der Waals surface area contributed by atoms with E-state index in [1.807, 2.05) is 38.1 Å². The third kappa shape index (κ3) is 5.82. The molecule has 0 spiro atoms. The molecule has 2 heterocycles. The molecule has 0 bridgehead atoms. The fraction of sp³-hybridized carbons (Fsp3) is 0.444. The fourth-order valence-electron chi connectivity index (χ4n) is 4.53. The van der Waals surface area contributed by atoms with Crippen LogP contribution in [-0.4, -0.2) is 66.7 Å². The SMILES string of the molecule is COc1ccc(N2CCN(CCCNC(=O)Cn3c(=O)c(C)nc4cc(C)c(C)cc43)CC2)cc1. The number of hydrogen-bond acceptors (Lipinski definition) is 6. The Bertz CT molecular complexity index is 1240. The van der Waals surface area contributed by atoms with E-state index < -0.39 is 0 Å². The molecule has 4 rings (SSSR count). The van der Waals surface area contributed by atoms with Gasteiger partial charge in [-0.15, -0.1) is 0 Å². The number of aromatic nitrogens is 2. The second kappa shape index (κ2) is 10.9. The van der Waals surface area contributed by atoms with Crippen molar-refractivity contribution in [3.05, 3.63) is 63.6 Å². The van der Waals surface area contributed by atoms with Crippen molar-refractivity contribution in [1.29, 1.82) is 0 Å². The number of nitrogens with one attached hydrogen (secondary N) is 1. The van der Waals surface area contributed by atoms with Crippen molar-refractivity contribution < 1.29 is 9.53 Å². The van der Waals surface area contributed by atoms with Gasteiger partial charge in [-0.3, -0.25) is 19.1 Å². The minimum atomic E-state index is -0.217. The molecule has 1 aliphatic heterocycles. The van der Waals surface area contributed by atoms with Gasteiger partial charge in [0, 0.05) is 38.4 Å². The smallest absolute Gasteiger partial charge is 0.272 e. The van der Waals surface area contributed by atoms with E-state index in [0.29, 0.717) is 17.8 Å². The minimum Gasteiger partial charge on any atom is -0.497 e. The normalized spacial score (nSPS) is 14.3. The number of anilines is 1. The lowest BCUT2D eigenvalue weighted by Crippen LogP contribution is -2.47. The van der Waals surface area contributed by atoms with Crippen molar-refractivity contribution >= 4 is 22.6 Å². The van der Waals surface area contributed by atoms with Crippen molar-refractivity contribution in [2.75, 3.05) is 51.3 Å². The Hall–Kier alpha value is -3.39. The van der Waals surface area contributed by atoms with Gasteiger partial charge in [0.1, 0.15) is 18.0 Å². The average Bonchev–Trinajstić information content (AvgIpc) is 2.86. The molecular formula is C27H35N5O3. The molecule has 0 radical (unpaired) electrons. The number of benzene rings is 2. The zero-order valence-corrected chi connectivity index (χ0v) is 21.1. The van der Waals surface area contributed by atoms with Gasteiger partial charge in [0.2, 0.25) is 5.91 Å². The molecule has 0 unspecified atom stereocenters. The molecule has 8 nitrogen and oxygen atoms in total. The van der Waals surface area contributed by atoms with Gasteiger partial charge in [-0.1, -0.05) is 0 Å². The maximum Gasteiger partial charge on any atom is 0.272 e. The van der Waals surface area contributed by atoms with Crippen molar-refractivity contribution in [2.45, 2.75) is 33.7 Å². The van der Waals surface area contributed by atoms with E-state index in [-0.39, 0.29) is 18.0 Å². The second-order valence-electron chi connectivity index (χ2n) is 9.24. The number of aryl methyl sites for hydroxylation is 3. The average molecular weight is 478 g/mol. The molecule has 0 aliphatic carbocycles. The molecule has 1 saturated heterocycles. The topological polar surface area (TPSA) is 79.7 Å². The monoisotopic (exact) mass is 477 g/mol. The molecule has 0 saturated carbocycles. The Kier molecular flexibility index (Phi) is 7.70. The van der Waals surface area contributed by atoms with Crippen molar-refractivity contribution in [3.63, 3.8) is 0 Å². The Morgan fingerprint density at radius 2 is 1.71 bits per heavy atom. The standard InChI is InChI=1S/C27H35N5O3/c1-19-16-24-25(17-20(19)2)32(27(34)21(3)29-24)18-26(33)28-10-5-11-30-12-14-31(15-13-30)22-6-8-23(35-4)9-7-22/h6-9,16-17H,5,10-15,18H2,1-4H3,(H,28,33). The Morgan fingerprint density at radius 3 is 2.40 bits per heavy atom. The zero-order valence-electron chi connectivity index (χ0n) is 21.1. The van der Waals surface area contributed by atoms with Crippen molar-refractivity contribution in [2.24, 2.45) is 0 Å². The van der Waals surface area contributed by atoms with Crippen LogP contribution in [0.4, 0.5) is 5.69 Å². The van der Waals surface area contributed by atoms with Gasteiger partial charge < -0.3 is 15.0 Å². The number of nitrogens with zero attached hydrogens (tertiary/aromatic N) is 4. The van der Waals surface area contributed by atoms with Gasteiger partial charge in [-0.25, -0.2) is 4.98 Å². The fourth-order valence-corrected chi connectivity index (χ4v) is 4.53. The summed E-state index contributed by atoms with van der Waals surface area (Å²) in [4.78, 5) is 34.6. The molecule has 2 aromatic carbocycles. The van der Waals surface area contributed by atoms with Crippen molar-refractivity contribution in [3.8, 4) is 5.75 Å². The van der Waals surface area contributed by atoms with Gasteiger partial charge >= 0.3 is 0 Å². The third-order valence-electron chi connectivity index (χ3n) is 6.81. The van der Waals surface area contributed by atoms with Gasteiger partial charge in [-0.2, -0.15) is 0 Å². The minimum absolute atomic E-state index is 0.00172. The molecule has 8 heteroatoms. The molecule has 1 N–H and O–H groups in total. The van der Waals surface area contributed by atoms with E-state index in [2.05, 4.69) is 32.2 Å². The highest BCUT2D eigenvalue weighted by atomic mass is 16.5. The number of amides is 1. The molecule has 3 aromatic rings. The summed E-state index contributed by atoms with van der Waals surface area (Å²) in [6, 6.07) is 12.1. The first-order chi connectivity index (χ1) is 16.9. The lowest BCUT2D eigenvalue weighted by molar-refractivity contribution is -0.121. The van der Waals surface area contributed by atoms with Crippen LogP contribution in [0.2, 0.25) is 0 Å². The van der Waals surface area contributed by atoms with Crippen molar-refractivity contribution in [1.82, 2.24) is 19.8 Å². The summed E-state index contributed by atoms with van der Waals surface area (Å²) >= 11 is 0. The van der Waals surface area contributed by atoms with Crippen LogP contribution < -0.4 is 20.5 Å². The first-order valence-electron chi connectivity index (χ1n) is 12.2. The van der Waals surface area contributed by atoms with E-state index in [1.54, 1.807) is 14.0 Å². The lowest BCUT2D eigenvalue weighted by atomic mass is 10.1. The van der Waals surface area contributed by atoms with Crippen LogP contribution in [0.5, 0.6) is 5.75 Å². The predicted octanol–water partition coefficient (Wildman–Crippen LogP) is 2.66. The Balaban J connectivity index is 1.25. The lowest BCUT2D eigenvalue weighted by Gasteiger charge is -2.36. The number of piperazine rings is 1. The number of ether oxygens (including phenoxy) is 1. The maximum absolute atomic E-state index is 12.7. The summed E-state index contributed by atoms with van der Waals surface area (Å²) in [5.41, 5.74) is 5.04. The number of methoxy groups -OCH3 is 1. The van der Waals surface area contributed by atoms with Crippen LogP contribution >= 0.6 is 0 Å². The third-order valence-corrected chi connectivity index (χ3v) is 6.81. The summed E-state index contributed by atoms with van der Waals surface area (Å²) in [6.07, 6.45) is 0.873. The summed E-state index contributed by atoms with van der Waals surface area (Å²) in [5.74, 6) is 0.721. The first kappa shape index (κ1) is 24.7. The van der Waals surface area contributed by atoms with E-state index in [0.717, 1.165) is 61.5 Å². The number of rotatable bonds is 8. The number of hydrogen-bond donors (Lipinski definition) is 1. The van der Waals surface area contributed by atoms with Crippen LogP contribution in [0.25, 0.3) is 11.0 Å². The van der Waals surface area contributed by atoms with Crippen LogP contribution in [0.15, 0.2) is 41.2 Å². The molecule has 186 valence electrons. The van der Waals surface area contributed by atoms with E-state index >= 15 is 0 Å². The number of carbonyl (C=O) groups is 1. The highest BCUT2D eigenvalue weighted by Gasteiger charge is 2.17. The first-order valence-corrected chi connectivity index (χ1v) is 12.2. The molecule has 0 atom stereocenters. The van der Waals surface area contributed by atoms with Gasteiger partial charge in [0.15, 0.2) is 0 Å². The van der Waals surface area contributed by atoms with Gasteiger partial charge in [0.25, 0.3) is 5.56 Å². The largest absolute Gasteiger partial charge is 0.497 e. The summed E-state index contributed by atoms with van der Waals surface area (Å²) in [6.45, 7) is 11.2. The molecule has 1 fully saturated rings. The van der Waals surface area contributed by atoms with E-state index in [1.165, 1.54) is 10.3 Å². The Morgan fingerprint density at radius 1 is 1.03 bits per heavy atom. The summed E-state index contributed by atoms with van der Waals surface area (Å²) < 4.78 is 6.78. The van der Waals surface area contributed by atoms with Crippen LogP contribution in [0, 0.1) is 20.8 Å². The highest BCUT2D eigenvalue weighted by Crippen LogP contribution is 2.20. The molecule has 1 aliphatic rings. The van der Waals surface area contributed by atoms with Gasteiger partial charge in [-0.05, 0) is 81.3 Å². The quantitative estimate of drug-likeness (QED) is 0.503. The van der Waals surface area contributed by atoms with Crippen LogP contribution in [0.1, 0.15) is 23.2 Å². The summed E-state index contributed by atoms with van der Waals surface area (Å²) in [5, 5.41) is 2.99. The molecule has 35 heavy (non-hydrogen) atoms. The molecule has 1 amide bonds. The number of carbonyl (C=O) groups excluding carboxylic acids is 1. The van der Waals surface area contributed by atoms with E-state index in [9.17, 15) is 9.59 Å². The van der Waals surface area contributed by atoms with E-state index in [4.69, 9.17) is 4.74 Å². The second-order valence-corrected chi connectivity index (χ2v) is 9.24. The maximum atomic E-state index is 12.7. The Labute approximate surface area is 206 Å². The summed E-state index contributed by atoms with van der Waals surface area (Å²) in [7, 11) is 1.68. The highest BCUT2D eigenvalue weighted by molar-refractivity contribution is 5.81. The predicted molar refractivity (Wildman–Crippen MR) is 139 cm³/mol. The van der Waals surface area contributed by atoms with Crippen LogP contribution in [-0.2, 0) is 11.3 Å².